The predicted octanol–water partition coefficient (Wildman–Crippen LogP) is 0.234. The molecule has 17 heavy (non-hydrogen) atoms. The van der Waals surface area contributed by atoms with Crippen molar-refractivity contribution in [2.45, 2.75) is 12.8 Å². The van der Waals surface area contributed by atoms with Crippen molar-refractivity contribution in [2.24, 2.45) is 0 Å². The van der Waals surface area contributed by atoms with Gasteiger partial charge in [-0.2, -0.15) is 0 Å². The molecular weight excluding hydrogens is 224 g/mol. The zero-order valence-electron chi connectivity index (χ0n) is 8.82. The number of carboxylic acids is 1. The summed E-state index contributed by atoms with van der Waals surface area (Å²) in [7, 11) is 0. The van der Waals surface area contributed by atoms with Crippen LogP contribution in [0, 0.1) is 0 Å². The molecule has 0 unspecified atom stereocenters. The Morgan fingerprint density at radius 3 is 2.71 bits per heavy atom. The first-order valence-electron chi connectivity index (χ1n) is 5.04. The highest BCUT2D eigenvalue weighted by Gasteiger charge is 2.07. The summed E-state index contributed by atoms with van der Waals surface area (Å²) in [5, 5.41) is 8.97. The van der Waals surface area contributed by atoms with Gasteiger partial charge < -0.3 is 10.1 Å². The van der Waals surface area contributed by atoms with Gasteiger partial charge in [0.1, 0.15) is 0 Å². The Labute approximate surface area is 94.9 Å². The fraction of sp³-hybridized carbons (Fsp3) is 0.182. The number of fused-ring (bicyclic) bond motifs is 1. The molecule has 1 aromatic heterocycles. The maximum absolute atomic E-state index is 11.5. The molecule has 0 aliphatic carbocycles. The molecular formula is C11H10N2O4. The second-order valence-corrected chi connectivity index (χ2v) is 3.64. The van der Waals surface area contributed by atoms with E-state index in [2.05, 4.69) is 9.97 Å². The van der Waals surface area contributed by atoms with Gasteiger partial charge in [0.15, 0.2) is 0 Å². The van der Waals surface area contributed by atoms with Crippen molar-refractivity contribution in [3.8, 4) is 0 Å². The van der Waals surface area contributed by atoms with E-state index in [9.17, 15) is 14.4 Å². The molecule has 3 N–H and O–H groups in total. The van der Waals surface area contributed by atoms with Crippen molar-refractivity contribution in [3.63, 3.8) is 0 Å². The summed E-state index contributed by atoms with van der Waals surface area (Å²) < 4.78 is 0. The number of hydrogen-bond donors (Lipinski definition) is 3. The van der Waals surface area contributed by atoms with Crippen LogP contribution in [0.4, 0.5) is 0 Å². The van der Waals surface area contributed by atoms with E-state index in [1.807, 2.05) is 0 Å². The molecule has 1 heterocycles. The number of H-pyrrole nitrogens is 2. The van der Waals surface area contributed by atoms with Crippen LogP contribution in [0.2, 0.25) is 0 Å². The van der Waals surface area contributed by atoms with Gasteiger partial charge in [-0.1, -0.05) is 12.1 Å². The molecule has 0 atom stereocenters. The van der Waals surface area contributed by atoms with Crippen LogP contribution in [0.15, 0.2) is 27.8 Å². The molecule has 0 aliphatic rings. The number of rotatable bonds is 3. The minimum Gasteiger partial charge on any atom is -0.481 e. The third kappa shape index (κ3) is 2.25. The molecule has 2 aromatic rings. The fourth-order valence-corrected chi connectivity index (χ4v) is 1.70. The van der Waals surface area contributed by atoms with E-state index in [0.717, 1.165) is 0 Å². The van der Waals surface area contributed by atoms with Crippen LogP contribution >= 0.6 is 0 Å². The van der Waals surface area contributed by atoms with E-state index in [4.69, 9.17) is 5.11 Å². The van der Waals surface area contributed by atoms with Crippen LogP contribution in [0.1, 0.15) is 12.0 Å². The first kappa shape index (κ1) is 11.1. The first-order valence-corrected chi connectivity index (χ1v) is 5.04. The molecule has 0 amide bonds. The lowest BCUT2D eigenvalue weighted by atomic mass is 10.1. The second kappa shape index (κ2) is 4.25. The summed E-state index contributed by atoms with van der Waals surface area (Å²) in [5.74, 6) is -0.922. The molecule has 6 nitrogen and oxygen atoms in total. The molecule has 0 spiro atoms. The molecule has 88 valence electrons. The highest BCUT2D eigenvalue weighted by Crippen LogP contribution is 2.13. The summed E-state index contributed by atoms with van der Waals surface area (Å²) in [4.78, 5) is 37.8. The molecule has 1 aromatic carbocycles. The smallest absolute Gasteiger partial charge is 0.326 e. The molecule has 2 rings (SSSR count). The largest absolute Gasteiger partial charge is 0.481 e. The van der Waals surface area contributed by atoms with Crippen LogP contribution in [-0.4, -0.2) is 21.0 Å². The van der Waals surface area contributed by atoms with Gasteiger partial charge in [-0.15, -0.1) is 0 Å². The number of nitrogens with one attached hydrogen (secondary N) is 2. The summed E-state index contributed by atoms with van der Waals surface area (Å²) in [6, 6.07) is 4.93. The molecule has 0 bridgehead atoms. The zero-order chi connectivity index (χ0) is 12.4. The van der Waals surface area contributed by atoms with Crippen molar-refractivity contribution in [1.82, 2.24) is 9.97 Å². The van der Waals surface area contributed by atoms with Crippen LogP contribution in [-0.2, 0) is 11.2 Å². The van der Waals surface area contributed by atoms with Gasteiger partial charge in [-0.05, 0) is 18.1 Å². The highest BCUT2D eigenvalue weighted by atomic mass is 16.4. The molecule has 0 aliphatic heterocycles. The number of aromatic amines is 2. The van der Waals surface area contributed by atoms with E-state index in [0.29, 0.717) is 16.5 Å². The Balaban J connectivity index is 2.60. The topological polar surface area (TPSA) is 103 Å². The van der Waals surface area contributed by atoms with Gasteiger partial charge in [0.05, 0.1) is 10.9 Å². The standard InChI is InChI=1S/C11H10N2O4/c14-8(15)5-4-6-2-1-3-7-9(6)12-11(17)13-10(7)16/h1-3H,4-5H2,(H,14,15)(H2,12,13,16,17). The Bertz CT molecular complexity index is 684. The SMILES string of the molecule is O=C(O)CCc1cccc2c(=O)[nH]c(=O)[nH]c12. The van der Waals surface area contributed by atoms with Crippen molar-refractivity contribution in [1.29, 1.82) is 0 Å². The first-order chi connectivity index (χ1) is 8.08. The van der Waals surface area contributed by atoms with E-state index >= 15 is 0 Å². The average Bonchev–Trinajstić information content (AvgIpc) is 2.26. The van der Waals surface area contributed by atoms with Gasteiger partial charge in [0.2, 0.25) is 0 Å². The quantitative estimate of drug-likeness (QED) is 0.707. The van der Waals surface area contributed by atoms with Crippen molar-refractivity contribution in [2.75, 3.05) is 0 Å². The monoisotopic (exact) mass is 234 g/mol. The maximum Gasteiger partial charge on any atom is 0.326 e. The van der Waals surface area contributed by atoms with Gasteiger partial charge in [0, 0.05) is 6.42 Å². The molecule has 0 fully saturated rings. The van der Waals surface area contributed by atoms with Crippen molar-refractivity contribution in [3.05, 3.63) is 44.6 Å². The summed E-state index contributed by atoms with van der Waals surface area (Å²) in [5.41, 5.74) is -0.0122. The lowest BCUT2D eigenvalue weighted by Crippen LogP contribution is -2.22. The summed E-state index contributed by atoms with van der Waals surface area (Å²) in [6.45, 7) is 0. The minimum atomic E-state index is -0.922. The fourth-order valence-electron chi connectivity index (χ4n) is 1.70. The van der Waals surface area contributed by atoms with Gasteiger partial charge in [0.25, 0.3) is 5.56 Å². The Morgan fingerprint density at radius 2 is 2.00 bits per heavy atom. The maximum atomic E-state index is 11.5. The normalized spacial score (nSPS) is 10.6. The van der Waals surface area contributed by atoms with Crippen molar-refractivity contribution >= 4 is 16.9 Å². The lowest BCUT2D eigenvalue weighted by molar-refractivity contribution is -0.136. The Kier molecular flexibility index (Phi) is 2.78. The third-order valence-corrected chi connectivity index (χ3v) is 2.47. The zero-order valence-corrected chi connectivity index (χ0v) is 8.82. The lowest BCUT2D eigenvalue weighted by Gasteiger charge is -2.03. The minimum absolute atomic E-state index is 0.0477. The molecule has 0 saturated heterocycles. The number of benzene rings is 1. The van der Waals surface area contributed by atoms with E-state index in [1.165, 1.54) is 0 Å². The molecule has 0 radical (unpaired) electrons. The van der Waals surface area contributed by atoms with Crippen LogP contribution in [0.5, 0.6) is 0 Å². The molecule has 0 saturated carbocycles. The Hall–Kier alpha value is -2.37. The van der Waals surface area contributed by atoms with Gasteiger partial charge in [-0.3, -0.25) is 14.6 Å². The Morgan fingerprint density at radius 1 is 1.24 bits per heavy atom. The molecule has 6 heteroatoms. The number of aryl methyl sites for hydroxylation is 1. The summed E-state index contributed by atoms with van der Waals surface area (Å²) in [6.07, 6.45) is 0.222. The number of carbonyl (C=O) groups is 1. The van der Waals surface area contributed by atoms with Crippen LogP contribution in [0.3, 0.4) is 0 Å². The number of hydrogen-bond acceptors (Lipinski definition) is 3. The second-order valence-electron chi connectivity index (χ2n) is 3.64. The number of para-hydroxylation sites is 1. The predicted molar refractivity (Wildman–Crippen MR) is 61.1 cm³/mol. The van der Waals surface area contributed by atoms with E-state index in [-0.39, 0.29) is 12.8 Å². The van der Waals surface area contributed by atoms with E-state index in [1.54, 1.807) is 18.2 Å². The van der Waals surface area contributed by atoms with E-state index < -0.39 is 17.2 Å². The number of aliphatic carboxylic acids is 1. The van der Waals surface area contributed by atoms with Gasteiger partial charge in [-0.25, -0.2) is 4.79 Å². The third-order valence-electron chi connectivity index (χ3n) is 2.47. The van der Waals surface area contributed by atoms with Crippen LogP contribution < -0.4 is 11.2 Å². The van der Waals surface area contributed by atoms with Crippen molar-refractivity contribution < 1.29 is 9.90 Å². The number of aromatic nitrogens is 2. The number of carboxylic acid groups (broad SMARTS) is 1. The average molecular weight is 234 g/mol. The van der Waals surface area contributed by atoms with Gasteiger partial charge >= 0.3 is 11.7 Å². The highest BCUT2D eigenvalue weighted by molar-refractivity contribution is 5.81. The summed E-state index contributed by atoms with van der Waals surface area (Å²) >= 11 is 0. The van der Waals surface area contributed by atoms with Crippen LogP contribution in [0.25, 0.3) is 10.9 Å².